The van der Waals surface area contributed by atoms with Crippen molar-refractivity contribution >= 4 is 5.69 Å². The van der Waals surface area contributed by atoms with E-state index in [0.717, 1.165) is 25.7 Å². The smallest absolute Gasteiger partial charge is 0.0587 e. The Balaban J connectivity index is 1.89. The molecule has 1 atom stereocenters. The van der Waals surface area contributed by atoms with Gasteiger partial charge in [-0.1, -0.05) is 19.1 Å². The molecule has 3 heteroatoms. The molecule has 0 aromatic heterocycles. The molecule has 0 saturated carbocycles. The molecule has 0 aliphatic carbocycles. The lowest BCUT2D eigenvalue weighted by Crippen LogP contribution is -2.39. The Labute approximate surface area is 123 Å². The second-order valence-corrected chi connectivity index (χ2v) is 5.59. The maximum atomic E-state index is 5.03. The van der Waals surface area contributed by atoms with Crippen molar-refractivity contribution in [2.45, 2.75) is 45.2 Å². The van der Waals surface area contributed by atoms with Crippen molar-refractivity contribution in [3.05, 3.63) is 29.8 Å². The molecular formula is C17H28N2O. The highest BCUT2D eigenvalue weighted by molar-refractivity contribution is 5.49. The van der Waals surface area contributed by atoms with Crippen molar-refractivity contribution in [1.29, 1.82) is 0 Å². The number of nitrogens with zero attached hydrogens (tertiary/aromatic N) is 1. The Morgan fingerprint density at radius 3 is 2.75 bits per heavy atom. The molecule has 1 fully saturated rings. The Morgan fingerprint density at radius 2 is 2.05 bits per heavy atom. The lowest BCUT2D eigenvalue weighted by Gasteiger charge is -2.37. The van der Waals surface area contributed by atoms with Gasteiger partial charge >= 0.3 is 0 Å². The van der Waals surface area contributed by atoms with Gasteiger partial charge in [0, 0.05) is 38.5 Å². The van der Waals surface area contributed by atoms with Crippen molar-refractivity contribution in [2.75, 3.05) is 31.7 Å². The molecular weight excluding hydrogens is 248 g/mol. The molecule has 1 saturated heterocycles. The summed E-state index contributed by atoms with van der Waals surface area (Å²) in [6.45, 7) is 6.11. The molecule has 3 nitrogen and oxygen atoms in total. The lowest BCUT2D eigenvalue weighted by atomic mass is 9.99. The van der Waals surface area contributed by atoms with E-state index >= 15 is 0 Å². The fourth-order valence-electron chi connectivity index (χ4n) is 2.98. The minimum atomic E-state index is 0.731. The average Bonchev–Trinajstić information content (AvgIpc) is 2.52. The normalized spacial score (nSPS) is 19.3. The lowest BCUT2D eigenvalue weighted by molar-refractivity contribution is 0.199. The van der Waals surface area contributed by atoms with E-state index in [9.17, 15) is 0 Å². The number of benzene rings is 1. The van der Waals surface area contributed by atoms with Crippen LogP contribution in [0, 0.1) is 0 Å². The van der Waals surface area contributed by atoms with E-state index in [2.05, 4.69) is 41.4 Å². The average molecular weight is 276 g/mol. The Hall–Kier alpha value is -1.06. The van der Waals surface area contributed by atoms with Gasteiger partial charge in [-0.2, -0.15) is 0 Å². The molecule has 1 aliphatic rings. The minimum Gasteiger partial charge on any atom is -0.383 e. The molecule has 1 unspecified atom stereocenters. The SMILES string of the molecule is CCC1CCCCN1c1ccc(CNCCOC)cc1. The molecule has 1 N–H and O–H groups in total. The van der Waals surface area contributed by atoms with Crippen molar-refractivity contribution in [2.24, 2.45) is 0 Å². The van der Waals surface area contributed by atoms with Crippen LogP contribution in [0.1, 0.15) is 38.2 Å². The molecule has 20 heavy (non-hydrogen) atoms. The molecule has 2 rings (SSSR count). The van der Waals surface area contributed by atoms with Crippen LogP contribution >= 0.6 is 0 Å². The fraction of sp³-hybridized carbons (Fsp3) is 0.647. The van der Waals surface area contributed by atoms with Crippen LogP contribution in [0.5, 0.6) is 0 Å². The van der Waals surface area contributed by atoms with E-state index in [1.165, 1.54) is 43.5 Å². The third-order valence-corrected chi connectivity index (χ3v) is 4.18. The van der Waals surface area contributed by atoms with Crippen LogP contribution in [0.3, 0.4) is 0 Å². The fourth-order valence-corrected chi connectivity index (χ4v) is 2.98. The highest BCUT2D eigenvalue weighted by Gasteiger charge is 2.20. The zero-order valence-corrected chi connectivity index (χ0v) is 12.9. The van der Waals surface area contributed by atoms with Crippen LogP contribution in [-0.4, -0.2) is 32.8 Å². The first-order chi connectivity index (χ1) is 9.85. The summed E-state index contributed by atoms with van der Waals surface area (Å²) in [5.74, 6) is 0. The maximum absolute atomic E-state index is 5.03. The quantitative estimate of drug-likeness (QED) is 0.774. The van der Waals surface area contributed by atoms with Gasteiger partial charge in [0.25, 0.3) is 0 Å². The molecule has 0 radical (unpaired) electrons. The van der Waals surface area contributed by atoms with Gasteiger partial charge in [0.1, 0.15) is 0 Å². The summed E-state index contributed by atoms with van der Waals surface area (Å²) < 4.78 is 5.03. The van der Waals surface area contributed by atoms with Gasteiger partial charge in [0.2, 0.25) is 0 Å². The number of piperidine rings is 1. The van der Waals surface area contributed by atoms with Crippen LogP contribution in [0.25, 0.3) is 0 Å². The van der Waals surface area contributed by atoms with Gasteiger partial charge in [0.15, 0.2) is 0 Å². The number of nitrogens with one attached hydrogen (secondary N) is 1. The summed E-state index contributed by atoms with van der Waals surface area (Å²) in [6.07, 6.45) is 5.31. The summed E-state index contributed by atoms with van der Waals surface area (Å²) in [6, 6.07) is 9.78. The second kappa shape index (κ2) is 8.28. The number of hydrogen-bond acceptors (Lipinski definition) is 3. The largest absolute Gasteiger partial charge is 0.383 e. The van der Waals surface area contributed by atoms with Gasteiger partial charge in [-0.3, -0.25) is 0 Å². The molecule has 0 amide bonds. The predicted octanol–water partition coefficient (Wildman–Crippen LogP) is 3.19. The third kappa shape index (κ3) is 4.22. The number of methoxy groups -OCH3 is 1. The Morgan fingerprint density at radius 1 is 1.25 bits per heavy atom. The molecule has 112 valence electrons. The van der Waals surface area contributed by atoms with Gasteiger partial charge in [-0.15, -0.1) is 0 Å². The molecule has 0 bridgehead atoms. The number of rotatable bonds is 7. The number of hydrogen-bond donors (Lipinski definition) is 1. The molecule has 1 aromatic rings. The van der Waals surface area contributed by atoms with E-state index < -0.39 is 0 Å². The first-order valence-electron chi connectivity index (χ1n) is 7.90. The standard InChI is InChI=1S/C17H28N2O/c1-3-16-6-4-5-12-19(16)17-9-7-15(8-10-17)14-18-11-13-20-2/h7-10,16,18H,3-6,11-14H2,1-2H3. The van der Waals surface area contributed by atoms with Crippen LogP contribution in [0.2, 0.25) is 0 Å². The monoisotopic (exact) mass is 276 g/mol. The zero-order chi connectivity index (χ0) is 14.2. The molecule has 1 aromatic carbocycles. The van der Waals surface area contributed by atoms with E-state index in [1.807, 2.05) is 0 Å². The highest BCUT2D eigenvalue weighted by atomic mass is 16.5. The summed E-state index contributed by atoms with van der Waals surface area (Å²) in [5.41, 5.74) is 2.73. The zero-order valence-electron chi connectivity index (χ0n) is 12.9. The highest BCUT2D eigenvalue weighted by Crippen LogP contribution is 2.26. The molecule has 0 spiro atoms. The van der Waals surface area contributed by atoms with Gasteiger partial charge in [-0.25, -0.2) is 0 Å². The van der Waals surface area contributed by atoms with E-state index in [1.54, 1.807) is 7.11 Å². The van der Waals surface area contributed by atoms with Crippen LogP contribution in [0.4, 0.5) is 5.69 Å². The third-order valence-electron chi connectivity index (χ3n) is 4.18. The summed E-state index contributed by atoms with van der Waals surface area (Å²) in [4.78, 5) is 2.59. The predicted molar refractivity (Wildman–Crippen MR) is 85.3 cm³/mol. The van der Waals surface area contributed by atoms with E-state index in [4.69, 9.17) is 4.74 Å². The van der Waals surface area contributed by atoms with Gasteiger partial charge in [-0.05, 0) is 43.4 Å². The van der Waals surface area contributed by atoms with Crippen molar-refractivity contribution in [1.82, 2.24) is 5.32 Å². The van der Waals surface area contributed by atoms with E-state index in [0.29, 0.717) is 0 Å². The van der Waals surface area contributed by atoms with Crippen LogP contribution in [-0.2, 0) is 11.3 Å². The number of ether oxygens (including phenoxy) is 1. The number of anilines is 1. The summed E-state index contributed by atoms with van der Waals surface area (Å²) in [5, 5.41) is 3.38. The molecule has 1 heterocycles. The summed E-state index contributed by atoms with van der Waals surface area (Å²) in [7, 11) is 1.74. The van der Waals surface area contributed by atoms with Crippen molar-refractivity contribution in [3.8, 4) is 0 Å². The first-order valence-corrected chi connectivity index (χ1v) is 7.90. The topological polar surface area (TPSA) is 24.5 Å². The molecule has 1 aliphatic heterocycles. The Bertz CT molecular complexity index is 377. The van der Waals surface area contributed by atoms with Crippen molar-refractivity contribution in [3.63, 3.8) is 0 Å². The summed E-state index contributed by atoms with van der Waals surface area (Å²) >= 11 is 0. The second-order valence-electron chi connectivity index (χ2n) is 5.59. The maximum Gasteiger partial charge on any atom is 0.0587 e. The van der Waals surface area contributed by atoms with E-state index in [-0.39, 0.29) is 0 Å². The first kappa shape index (κ1) is 15.3. The van der Waals surface area contributed by atoms with Crippen molar-refractivity contribution < 1.29 is 4.74 Å². The van der Waals surface area contributed by atoms with Gasteiger partial charge < -0.3 is 15.0 Å². The van der Waals surface area contributed by atoms with Gasteiger partial charge in [0.05, 0.1) is 6.61 Å². The minimum absolute atomic E-state index is 0.731. The van der Waals surface area contributed by atoms with Crippen LogP contribution in [0.15, 0.2) is 24.3 Å². The Kier molecular flexibility index (Phi) is 6.34. The van der Waals surface area contributed by atoms with Crippen LogP contribution < -0.4 is 10.2 Å².